The van der Waals surface area contributed by atoms with Crippen molar-refractivity contribution in [3.8, 4) is 6.07 Å². The van der Waals surface area contributed by atoms with E-state index in [0.717, 1.165) is 19.3 Å². The minimum absolute atomic E-state index is 0.143. The molecule has 112 valence electrons. The third-order valence-electron chi connectivity index (χ3n) is 3.75. The van der Waals surface area contributed by atoms with E-state index >= 15 is 0 Å². The third-order valence-corrected chi connectivity index (χ3v) is 4.79. The number of carboxylic acids is 1. The highest BCUT2D eigenvalue weighted by atomic mass is 32.2. The summed E-state index contributed by atoms with van der Waals surface area (Å²) in [6, 6.07) is 1.33. The molecule has 7 heteroatoms. The molecule has 0 aromatic rings. The van der Waals surface area contributed by atoms with Gasteiger partial charge in [0.15, 0.2) is 0 Å². The van der Waals surface area contributed by atoms with Crippen LogP contribution in [0.1, 0.15) is 32.1 Å². The number of carbonyl (C=O) groups is 2. The molecule has 0 unspecified atom stereocenters. The smallest absolute Gasteiger partial charge is 0.321 e. The van der Waals surface area contributed by atoms with Gasteiger partial charge in [0.05, 0.1) is 11.8 Å². The van der Waals surface area contributed by atoms with E-state index in [0.29, 0.717) is 12.8 Å². The molecule has 6 nitrogen and oxygen atoms in total. The molecule has 3 N–H and O–H groups in total. The number of carboxylic acid groups (broad SMARTS) is 1. The number of rotatable bonds is 6. The molecule has 0 aromatic heterocycles. The number of hydrogen-bond acceptors (Lipinski definition) is 5. The lowest BCUT2D eigenvalue weighted by atomic mass is 9.81. The zero-order valence-electron chi connectivity index (χ0n) is 11.7. The number of aliphatic carboxylic acids is 1. The van der Waals surface area contributed by atoms with Gasteiger partial charge in [-0.3, -0.25) is 9.59 Å². The highest BCUT2D eigenvalue weighted by molar-refractivity contribution is 8.00. The fourth-order valence-electron chi connectivity index (χ4n) is 2.34. The first-order valence-electron chi connectivity index (χ1n) is 6.67. The molecule has 0 saturated heterocycles. The molecule has 0 aromatic carbocycles. The summed E-state index contributed by atoms with van der Waals surface area (Å²) in [7, 11) is 1.66. The second-order valence-electron chi connectivity index (χ2n) is 5.12. The van der Waals surface area contributed by atoms with Crippen molar-refractivity contribution in [3.63, 3.8) is 0 Å². The Morgan fingerprint density at radius 2 is 2.05 bits per heavy atom. The highest BCUT2D eigenvalue weighted by Gasteiger charge is 2.38. The van der Waals surface area contributed by atoms with Gasteiger partial charge in [0, 0.05) is 12.8 Å². The predicted octanol–water partition coefficient (Wildman–Crippen LogP) is 0.816. The lowest BCUT2D eigenvalue weighted by Gasteiger charge is -2.39. The second-order valence-corrected chi connectivity index (χ2v) is 6.15. The lowest BCUT2D eigenvalue weighted by Crippen LogP contribution is -2.50. The molecular weight excluding hydrogens is 278 g/mol. The normalized spacial score (nSPS) is 18.9. The molecule has 0 heterocycles. The number of amides is 1. The fourth-order valence-corrected chi connectivity index (χ4v) is 3.22. The van der Waals surface area contributed by atoms with Crippen molar-refractivity contribution in [2.24, 2.45) is 5.73 Å². The summed E-state index contributed by atoms with van der Waals surface area (Å²) in [6.07, 6.45) is 4.45. The Balaban J connectivity index is 2.49. The lowest BCUT2D eigenvalue weighted by molar-refractivity contribution is -0.138. The molecule has 0 bridgehead atoms. The van der Waals surface area contributed by atoms with Gasteiger partial charge in [-0.15, -0.1) is 11.8 Å². The minimum Gasteiger partial charge on any atom is -0.480 e. The molecule has 1 amide bonds. The molecular formula is C13H21N3O3S. The van der Waals surface area contributed by atoms with Crippen molar-refractivity contribution >= 4 is 23.6 Å². The van der Waals surface area contributed by atoms with Crippen LogP contribution in [0, 0.1) is 11.3 Å². The predicted molar refractivity (Wildman–Crippen MR) is 77.1 cm³/mol. The molecule has 1 aliphatic rings. The number of nitriles is 1. The van der Waals surface area contributed by atoms with Crippen LogP contribution in [0.5, 0.6) is 0 Å². The Hall–Kier alpha value is -1.26. The van der Waals surface area contributed by atoms with Crippen LogP contribution in [0.2, 0.25) is 0 Å². The summed E-state index contributed by atoms with van der Waals surface area (Å²) in [6.45, 7) is 0. The van der Waals surface area contributed by atoms with E-state index in [-0.39, 0.29) is 17.4 Å². The first-order valence-corrected chi connectivity index (χ1v) is 7.82. The van der Waals surface area contributed by atoms with Crippen molar-refractivity contribution in [2.75, 3.05) is 18.6 Å². The van der Waals surface area contributed by atoms with Crippen LogP contribution in [0.3, 0.4) is 0 Å². The van der Waals surface area contributed by atoms with Crippen LogP contribution in [-0.2, 0) is 9.59 Å². The van der Waals surface area contributed by atoms with Crippen LogP contribution in [-0.4, -0.2) is 52.0 Å². The average Bonchev–Trinajstić information content (AvgIpc) is 2.46. The van der Waals surface area contributed by atoms with Crippen molar-refractivity contribution < 1.29 is 14.7 Å². The van der Waals surface area contributed by atoms with Crippen LogP contribution >= 0.6 is 11.8 Å². The molecule has 1 rings (SSSR count). The second kappa shape index (κ2) is 7.50. The largest absolute Gasteiger partial charge is 0.480 e. The van der Waals surface area contributed by atoms with Crippen LogP contribution in [0.4, 0.5) is 0 Å². The van der Waals surface area contributed by atoms with Crippen molar-refractivity contribution in [2.45, 2.75) is 43.7 Å². The van der Waals surface area contributed by atoms with E-state index in [1.165, 1.54) is 16.7 Å². The van der Waals surface area contributed by atoms with Gasteiger partial charge in [0.1, 0.15) is 11.6 Å². The van der Waals surface area contributed by atoms with Crippen LogP contribution < -0.4 is 5.73 Å². The zero-order valence-corrected chi connectivity index (χ0v) is 12.5. The van der Waals surface area contributed by atoms with Gasteiger partial charge in [0.25, 0.3) is 0 Å². The van der Waals surface area contributed by atoms with E-state index < -0.39 is 17.6 Å². The first kappa shape index (κ1) is 16.8. The Bertz CT molecular complexity index is 402. The van der Waals surface area contributed by atoms with Gasteiger partial charge in [-0.2, -0.15) is 5.26 Å². The molecule has 20 heavy (non-hydrogen) atoms. The Morgan fingerprint density at radius 3 is 2.55 bits per heavy atom. The summed E-state index contributed by atoms with van der Waals surface area (Å²) in [5, 5.41) is 18.1. The maximum absolute atomic E-state index is 12.1. The van der Waals surface area contributed by atoms with E-state index in [9.17, 15) is 14.9 Å². The number of thioether (sulfide) groups is 1. The summed E-state index contributed by atoms with van der Waals surface area (Å²) < 4.78 is 0. The number of carbonyl (C=O) groups excluding carboxylic acids is 1. The van der Waals surface area contributed by atoms with Crippen molar-refractivity contribution in [1.82, 2.24) is 4.90 Å². The minimum atomic E-state index is -1.07. The highest BCUT2D eigenvalue weighted by Crippen LogP contribution is 2.32. The Labute approximate surface area is 123 Å². The summed E-state index contributed by atoms with van der Waals surface area (Å²) >= 11 is 1.19. The number of hydrogen-bond donors (Lipinski definition) is 2. The van der Waals surface area contributed by atoms with Gasteiger partial charge >= 0.3 is 5.97 Å². The fraction of sp³-hybridized carbons (Fsp3) is 0.769. The van der Waals surface area contributed by atoms with E-state index in [2.05, 4.69) is 6.07 Å². The molecule has 0 radical (unpaired) electrons. The van der Waals surface area contributed by atoms with E-state index in [4.69, 9.17) is 10.8 Å². The third kappa shape index (κ3) is 4.12. The first-order chi connectivity index (χ1) is 9.43. The summed E-state index contributed by atoms with van der Waals surface area (Å²) in [5.74, 6) is -0.870. The van der Waals surface area contributed by atoms with Crippen LogP contribution in [0.15, 0.2) is 0 Å². The van der Waals surface area contributed by atoms with Crippen LogP contribution in [0.25, 0.3) is 0 Å². The molecule has 1 saturated carbocycles. The van der Waals surface area contributed by atoms with Gasteiger partial charge < -0.3 is 15.7 Å². The Kier molecular flexibility index (Phi) is 6.30. The molecule has 0 spiro atoms. The maximum Gasteiger partial charge on any atom is 0.321 e. The average molecular weight is 299 g/mol. The molecule has 1 atom stereocenters. The summed E-state index contributed by atoms with van der Waals surface area (Å²) in [5.41, 5.74) is 4.69. The topological polar surface area (TPSA) is 107 Å². The van der Waals surface area contributed by atoms with Gasteiger partial charge in [0.2, 0.25) is 5.91 Å². The zero-order chi connectivity index (χ0) is 15.2. The molecule has 0 aliphatic heterocycles. The maximum atomic E-state index is 12.1. The summed E-state index contributed by atoms with van der Waals surface area (Å²) in [4.78, 5) is 24.2. The monoisotopic (exact) mass is 299 g/mol. The van der Waals surface area contributed by atoms with E-state index in [1.807, 2.05) is 0 Å². The quantitative estimate of drug-likeness (QED) is 0.751. The number of nitrogens with two attached hydrogens (primary N) is 1. The standard InChI is InChI=1S/C13H21N3O3S/c1-16(13(9-14)5-3-2-4-6-13)11(17)8-20-7-10(15)12(18)19/h10H,2-8,15H2,1H3,(H,18,19)/t10-/m1/s1. The molecule has 1 fully saturated rings. The van der Waals surface area contributed by atoms with Gasteiger partial charge in [-0.05, 0) is 12.8 Å². The van der Waals surface area contributed by atoms with E-state index in [1.54, 1.807) is 7.05 Å². The van der Waals surface area contributed by atoms with Crippen molar-refractivity contribution in [1.29, 1.82) is 5.26 Å². The molecule has 1 aliphatic carbocycles. The number of nitrogens with zero attached hydrogens (tertiary/aromatic N) is 2. The van der Waals surface area contributed by atoms with Gasteiger partial charge in [-0.25, -0.2) is 0 Å². The van der Waals surface area contributed by atoms with Gasteiger partial charge in [-0.1, -0.05) is 19.3 Å². The Morgan fingerprint density at radius 1 is 1.45 bits per heavy atom. The van der Waals surface area contributed by atoms with Crippen molar-refractivity contribution in [3.05, 3.63) is 0 Å². The SMILES string of the molecule is CN(C(=O)CSC[C@@H](N)C(=O)O)C1(C#N)CCCCC1.